The first-order chi connectivity index (χ1) is 14.6. The number of ether oxygens (including phenoxy) is 2. The van der Waals surface area contributed by atoms with Gasteiger partial charge in [-0.25, -0.2) is 13.9 Å². The van der Waals surface area contributed by atoms with E-state index in [-0.39, 0.29) is 11.1 Å². The molecule has 4 rings (SSSR count). The van der Waals surface area contributed by atoms with Crippen molar-refractivity contribution in [2.75, 3.05) is 14.2 Å². The van der Waals surface area contributed by atoms with E-state index >= 15 is 0 Å². The van der Waals surface area contributed by atoms with Crippen molar-refractivity contribution in [1.82, 2.24) is 9.13 Å². The molecule has 0 atom stereocenters. The quantitative estimate of drug-likeness (QED) is 0.524. The number of methoxy groups -OCH3 is 2. The van der Waals surface area contributed by atoms with Crippen LogP contribution in [0.1, 0.15) is 20.7 Å². The second-order valence-electron chi connectivity index (χ2n) is 6.45. The number of imidazole rings is 1. The van der Waals surface area contributed by atoms with Gasteiger partial charge < -0.3 is 9.47 Å². The van der Waals surface area contributed by atoms with Crippen LogP contribution >= 0.6 is 0 Å². The maximum absolute atomic E-state index is 13.3. The van der Waals surface area contributed by atoms with Crippen LogP contribution in [0.25, 0.3) is 11.0 Å². The summed E-state index contributed by atoms with van der Waals surface area (Å²) in [5, 5.41) is 0. The van der Waals surface area contributed by atoms with Crippen molar-refractivity contribution in [2.45, 2.75) is 0 Å². The largest absolute Gasteiger partial charge is 0.496 e. The third kappa shape index (κ3) is 2.97. The predicted octanol–water partition coefficient (Wildman–Crippen LogP) is 3.20. The van der Waals surface area contributed by atoms with Gasteiger partial charge >= 0.3 is 5.69 Å². The highest BCUT2D eigenvalue weighted by atomic mass is 16.5. The Kier molecular flexibility index (Phi) is 4.93. The van der Waals surface area contributed by atoms with Crippen molar-refractivity contribution in [1.29, 1.82) is 0 Å². The van der Waals surface area contributed by atoms with Gasteiger partial charge in [0, 0.05) is 0 Å². The summed E-state index contributed by atoms with van der Waals surface area (Å²) in [4.78, 5) is 39.9. The molecule has 7 nitrogen and oxygen atoms in total. The topological polar surface area (TPSA) is 79.5 Å². The molecule has 7 heteroatoms. The van der Waals surface area contributed by atoms with Gasteiger partial charge in [-0.3, -0.25) is 9.59 Å². The zero-order valence-electron chi connectivity index (χ0n) is 16.4. The molecule has 0 N–H and O–H groups in total. The molecule has 1 aromatic heterocycles. The number of benzene rings is 3. The normalized spacial score (nSPS) is 10.7. The number of hydrogen-bond donors (Lipinski definition) is 0. The van der Waals surface area contributed by atoms with Crippen molar-refractivity contribution < 1.29 is 19.1 Å². The van der Waals surface area contributed by atoms with Crippen LogP contribution in [-0.2, 0) is 0 Å². The van der Waals surface area contributed by atoms with Crippen molar-refractivity contribution >= 4 is 22.8 Å². The van der Waals surface area contributed by atoms with Crippen LogP contribution < -0.4 is 15.2 Å². The molecule has 150 valence electrons. The van der Waals surface area contributed by atoms with Gasteiger partial charge in [-0.15, -0.1) is 0 Å². The monoisotopic (exact) mass is 402 g/mol. The summed E-state index contributed by atoms with van der Waals surface area (Å²) in [6.07, 6.45) is 0. The van der Waals surface area contributed by atoms with Gasteiger partial charge in [0.15, 0.2) is 0 Å². The lowest BCUT2D eigenvalue weighted by atomic mass is 10.2. The Hall–Kier alpha value is -4.13. The van der Waals surface area contributed by atoms with E-state index in [0.717, 1.165) is 9.13 Å². The zero-order valence-corrected chi connectivity index (χ0v) is 16.4. The number of rotatable bonds is 4. The van der Waals surface area contributed by atoms with Crippen molar-refractivity contribution in [3.63, 3.8) is 0 Å². The third-order valence-electron chi connectivity index (χ3n) is 4.83. The molecule has 30 heavy (non-hydrogen) atoms. The molecule has 1 heterocycles. The lowest BCUT2D eigenvalue weighted by molar-refractivity contribution is 0.0945. The van der Waals surface area contributed by atoms with E-state index in [2.05, 4.69) is 0 Å². The summed E-state index contributed by atoms with van der Waals surface area (Å²) < 4.78 is 12.5. The molecule has 0 aliphatic heterocycles. The molecule has 0 saturated heterocycles. The highest BCUT2D eigenvalue weighted by molar-refractivity contribution is 6.07. The van der Waals surface area contributed by atoms with Crippen molar-refractivity contribution in [3.8, 4) is 11.5 Å². The Morgan fingerprint density at radius 3 is 1.40 bits per heavy atom. The molecular weight excluding hydrogens is 384 g/mol. The van der Waals surface area contributed by atoms with Gasteiger partial charge in [-0.2, -0.15) is 0 Å². The Bertz CT molecular complexity index is 1230. The van der Waals surface area contributed by atoms with E-state index in [0.29, 0.717) is 22.5 Å². The molecule has 4 aromatic rings. The average molecular weight is 402 g/mol. The minimum Gasteiger partial charge on any atom is -0.496 e. The van der Waals surface area contributed by atoms with E-state index in [1.807, 2.05) is 0 Å². The Balaban J connectivity index is 1.97. The molecule has 0 fully saturated rings. The minimum atomic E-state index is -0.761. The maximum atomic E-state index is 13.3. The maximum Gasteiger partial charge on any atom is 0.343 e. The van der Waals surface area contributed by atoms with Gasteiger partial charge in [-0.05, 0) is 36.4 Å². The molecule has 0 bridgehead atoms. The Labute approximate surface area is 171 Å². The second-order valence-corrected chi connectivity index (χ2v) is 6.45. The molecule has 0 aliphatic rings. The number of fused-ring (bicyclic) bond motifs is 1. The number of hydrogen-bond acceptors (Lipinski definition) is 5. The summed E-state index contributed by atoms with van der Waals surface area (Å²) in [7, 11) is 2.90. The summed E-state index contributed by atoms with van der Waals surface area (Å²) in [6.45, 7) is 0. The molecule has 0 amide bonds. The van der Waals surface area contributed by atoms with E-state index in [9.17, 15) is 14.4 Å². The standard InChI is InChI=1S/C23H18N2O5/c1-29-19-13-7-3-9-15(19)21(26)24-17-11-5-6-12-18(17)25(23(24)28)22(27)16-10-4-8-14-20(16)30-2/h3-14H,1-2H3. The molecule has 0 aliphatic carbocycles. The predicted molar refractivity (Wildman–Crippen MR) is 112 cm³/mol. The first kappa shape index (κ1) is 19.2. The number of carbonyl (C=O) groups excluding carboxylic acids is 2. The fourth-order valence-electron chi connectivity index (χ4n) is 3.42. The zero-order chi connectivity index (χ0) is 21.3. The van der Waals surface area contributed by atoms with Gasteiger partial charge in [0.1, 0.15) is 11.5 Å². The van der Waals surface area contributed by atoms with Crippen LogP contribution in [0.2, 0.25) is 0 Å². The molecular formula is C23H18N2O5. The van der Waals surface area contributed by atoms with Gasteiger partial charge in [0.05, 0.1) is 36.4 Å². The lowest BCUT2D eigenvalue weighted by Gasteiger charge is -2.08. The van der Waals surface area contributed by atoms with Gasteiger partial charge in [-0.1, -0.05) is 36.4 Å². The van der Waals surface area contributed by atoms with Crippen molar-refractivity contribution in [2.24, 2.45) is 0 Å². The van der Waals surface area contributed by atoms with Gasteiger partial charge in [0.25, 0.3) is 11.8 Å². The molecule has 0 saturated carbocycles. The molecule has 3 aromatic carbocycles. The second kappa shape index (κ2) is 7.71. The number of aromatic nitrogens is 2. The van der Waals surface area contributed by atoms with Crippen LogP contribution in [-0.4, -0.2) is 35.2 Å². The first-order valence-corrected chi connectivity index (χ1v) is 9.16. The highest BCUT2D eigenvalue weighted by Gasteiger charge is 2.26. The van der Waals surface area contributed by atoms with Crippen LogP contribution in [0, 0.1) is 0 Å². The fraction of sp³-hybridized carbons (Fsp3) is 0.0870. The fourth-order valence-corrected chi connectivity index (χ4v) is 3.42. The lowest BCUT2D eigenvalue weighted by Crippen LogP contribution is -2.33. The molecule has 0 radical (unpaired) electrons. The van der Waals surface area contributed by atoms with Crippen molar-refractivity contribution in [3.05, 3.63) is 94.4 Å². The Morgan fingerprint density at radius 2 is 1.00 bits per heavy atom. The van der Waals surface area contributed by atoms with Gasteiger partial charge in [0.2, 0.25) is 0 Å². The smallest absolute Gasteiger partial charge is 0.343 e. The third-order valence-corrected chi connectivity index (χ3v) is 4.83. The minimum absolute atomic E-state index is 0.217. The van der Waals surface area contributed by atoms with Crippen LogP contribution in [0.3, 0.4) is 0 Å². The van der Waals surface area contributed by atoms with E-state index < -0.39 is 17.5 Å². The Morgan fingerprint density at radius 1 is 0.633 bits per heavy atom. The van der Waals surface area contributed by atoms with E-state index in [1.165, 1.54) is 14.2 Å². The SMILES string of the molecule is COc1ccccc1C(=O)n1c(=O)n(C(=O)c2ccccc2OC)c2ccccc21. The molecule has 0 unspecified atom stereocenters. The highest BCUT2D eigenvalue weighted by Crippen LogP contribution is 2.23. The summed E-state index contributed by atoms with van der Waals surface area (Å²) in [5.41, 5.74) is 0.316. The molecule has 0 spiro atoms. The van der Waals surface area contributed by atoms with Crippen LogP contribution in [0.15, 0.2) is 77.6 Å². The summed E-state index contributed by atoms with van der Waals surface area (Å²) >= 11 is 0. The van der Waals surface area contributed by atoms with Crippen LogP contribution in [0.4, 0.5) is 0 Å². The van der Waals surface area contributed by atoms with E-state index in [4.69, 9.17) is 9.47 Å². The number of para-hydroxylation sites is 4. The number of carbonyl (C=O) groups is 2. The number of nitrogens with zero attached hydrogens (tertiary/aromatic N) is 2. The summed E-state index contributed by atoms with van der Waals surface area (Å²) in [5.74, 6) is -0.495. The summed E-state index contributed by atoms with van der Waals surface area (Å²) in [6, 6.07) is 19.9. The average Bonchev–Trinajstić information content (AvgIpc) is 3.09. The van der Waals surface area contributed by atoms with E-state index in [1.54, 1.807) is 72.8 Å². The van der Waals surface area contributed by atoms with Crippen LogP contribution in [0.5, 0.6) is 11.5 Å². The first-order valence-electron chi connectivity index (χ1n) is 9.16.